The Morgan fingerprint density at radius 1 is 1.38 bits per heavy atom. The van der Waals surface area contributed by atoms with Crippen LogP contribution in [-0.4, -0.2) is 42.0 Å². The highest BCUT2D eigenvalue weighted by molar-refractivity contribution is 5.78. The minimum atomic E-state index is -0.159. The fourth-order valence-electron chi connectivity index (χ4n) is 1.46. The van der Waals surface area contributed by atoms with E-state index in [-0.39, 0.29) is 11.4 Å². The van der Waals surface area contributed by atoms with Gasteiger partial charge in [0, 0.05) is 18.1 Å². The highest BCUT2D eigenvalue weighted by Gasteiger charge is 2.17. The summed E-state index contributed by atoms with van der Waals surface area (Å²) >= 11 is 0. The van der Waals surface area contributed by atoms with Crippen LogP contribution >= 0.6 is 0 Å². The molecule has 0 bridgehead atoms. The van der Waals surface area contributed by atoms with Crippen molar-refractivity contribution in [2.24, 2.45) is 5.73 Å². The summed E-state index contributed by atoms with van der Waals surface area (Å²) in [5, 5.41) is 2.97. The number of hydrogen-bond acceptors (Lipinski definition) is 3. The number of nitrogens with zero attached hydrogens (tertiary/aromatic N) is 1. The predicted octanol–water partition coefficient (Wildman–Crippen LogP) is 0.960. The van der Waals surface area contributed by atoms with Gasteiger partial charge >= 0.3 is 0 Å². The van der Waals surface area contributed by atoms with Crippen LogP contribution in [-0.2, 0) is 4.79 Å². The Hall–Kier alpha value is -0.610. The summed E-state index contributed by atoms with van der Waals surface area (Å²) < 4.78 is 0. The molecule has 0 aromatic rings. The van der Waals surface area contributed by atoms with Gasteiger partial charge in [-0.25, -0.2) is 0 Å². The minimum absolute atomic E-state index is 0.0817. The molecule has 0 heterocycles. The lowest BCUT2D eigenvalue weighted by atomic mass is 10.1. The SMILES string of the molecule is CC(C)N(CCCN)CC(=O)NC(C)(C)C. The van der Waals surface area contributed by atoms with Crippen LogP contribution in [0.4, 0.5) is 0 Å². The molecule has 0 radical (unpaired) electrons. The quantitative estimate of drug-likeness (QED) is 0.713. The molecule has 0 aromatic heterocycles. The van der Waals surface area contributed by atoms with E-state index >= 15 is 0 Å². The number of carbonyl (C=O) groups excluding carboxylic acids is 1. The molecule has 0 unspecified atom stereocenters. The van der Waals surface area contributed by atoms with Crippen LogP contribution in [0.1, 0.15) is 41.0 Å². The zero-order valence-corrected chi connectivity index (χ0v) is 11.3. The summed E-state index contributed by atoms with van der Waals surface area (Å²) in [5.74, 6) is 0.0817. The summed E-state index contributed by atoms with van der Waals surface area (Å²) in [6.07, 6.45) is 0.932. The van der Waals surface area contributed by atoms with Crippen molar-refractivity contribution >= 4 is 5.91 Å². The first kappa shape index (κ1) is 15.4. The lowest BCUT2D eigenvalue weighted by molar-refractivity contribution is -0.124. The van der Waals surface area contributed by atoms with Crippen molar-refractivity contribution in [2.75, 3.05) is 19.6 Å². The van der Waals surface area contributed by atoms with Crippen molar-refractivity contribution in [1.82, 2.24) is 10.2 Å². The maximum atomic E-state index is 11.8. The van der Waals surface area contributed by atoms with Crippen LogP contribution in [0.5, 0.6) is 0 Å². The van der Waals surface area contributed by atoms with Gasteiger partial charge in [0.15, 0.2) is 0 Å². The lowest BCUT2D eigenvalue weighted by Crippen LogP contribution is -2.47. The van der Waals surface area contributed by atoms with Gasteiger partial charge in [0.2, 0.25) is 5.91 Å². The van der Waals surface area contributed by atoms with Crippen LogP contribution in [0.15, 0.2) is 0 Å². The van der Waals surface area contributed by atoms with Crippen molar-refractivity contribution in [1.29, 1.82) is 0 Å². The minimum Gasteiger partial charge on any atom is -0.350 e. The Balaban J connectivity index is 4.13. The second-order valence-electron chi connectivity index (χ2n) is 5.50. The van der Waals surface area contributed by atoms with Gasteiger partial charge in [-0.3, -0.25) is 9.69 Å². The van der Waals surface area contributed by atoms with E-state index in [0.29, 0.717) is 19.1 Å². The van der Waals surface area contributed by atoms with E-state index in [4.69, 9.17) is 5.73 Å². The van der Waals surface area contributed by atoms with E-state index in [1.165, 1.54) is 0 Å². The van der Waals surface area contributed by atoms with Crippen molar-refractivity contribution in [3.63, 3.8) is 0 Å². The highest BCUT2D eigenvalue weighted by Crippen LogP contribution is 2.02. The summed E-state index contributed by atoms with van der Waals surface area (Å²) in [5.41, 5.74) is 5.32. The van der Waals surface area contributed by atoms with Crippen LogP contribution in [0.25, 0.3) is 0 Å². The Morgan fingerprint density at radius 3 is 2.31 bits per heavy atom. The van der Waals surface area contributed by atoms with Gasteiger partial charge in [0.05, 0.1) is 6.54 Å². The van der Waals surface area contributed by atoms with E-state index in [0.717, 1.165) is 13.0 Å². The van der Waals surface area contributed by atoms with E-state index in [9.17, 15) is 4.79 Å². The lowest BCUT2D eigenvalue weighted by Gasteiger charge is -2.28. The molecule has 0 rings (SSSR count). The fraction of sp³-hybridized carbons (Fsp3) is 0.917. The molecule has 0 atom stereocenters. The van der Waals surface area contributed by atoms with Gasteiger partial charge in [-0.1, -0.05) is 0 Å². The second-order valence-corrected chi connectivity index (χ2v) is 5.50. The van der Waals surface area contributed by atoms with Crippen molar-refractivity contribution < 1.29 is 4.79 Å². The van der Waals surface area contributed by atoms with Crippen LogP contribution in [0.2, 0.25) is 0 Å². The summed E-state index contributed by atoms with van der Waals surface area (Å²) in [6, 6.07) is 0.372. The molecule has 0 spiro atoms. The standard InChI is InChI=1S/C12H27N3O/c1-10(2)15(8-6-7-13)9-11(16)14-12(3,4)5/h10H,6-9,13H2,1-5H3,(H,14,16). The number of hydrogen-bond donors (Lipinski definition) is 2. The number of rotatable bonds is 6. The average molecular weight is 229 g/mol. The molecule has 0 aliphatic rings. The molecule has 0 aromatic carbocycles. The smallest absolute Gasteiger partial charge is 0.234 e. The molecule has 4 heteroatoms. The van der Waals surface area contributed by atoms with Crippen LogP contribution in [0.3, 0.4) is 0 Å². The zero-order valence-electron chi connectivity index (χ0n) is 11.3. The average Bonchev–Trinajstić information content (AvgIpc) is 2.08. The number of nitrogens with one attached hydrogen (secondary N) is 1. The van der Waals surface area contributed by atoms with E-state index in [1.54, 1.807) is 0 Å². The Labute approximate surface area is 99.6 Å². The van der Waals surface area contributed by atoms with E-state index in [1.807, 2.05) is 20.8 Å². The Morgan fingerprint density at radius 2 is 1.94 bits per heavy atom. The first-order valence-corrected chi connectivity index (χ1v) is 6.01. The van der Waals surface area contributed by atoms with Gasteiger partial charge in [0.25, 0.3) is 0 Å². The van der Waals surface area contributed by atoms with Crippen LogP contribution in [0, 0.1) is 0 Å². The molecule has 3 N–H and O–H groups in total. The fourth-order valence-corrected chi connectivity index (χ4v) is 1.46. The van der Waals surface area contributed by atoms with Crippen LogP contribution < -0.4 is 11.1 Å². The predicted molar refractivity (Wildman–Crippen MR) is 68.3 cm³/mol. The molecule has 0 aliphatic carbocycles. The molecule has 96 valence electrons. The summed E-state index contributed by atoms with van der Waals surface area (Å²) in [7, 11) is 0. The van der Waals surface area contributed by atoms with E-state index in [2.05, 4.69) is 24.1 Å². The normalized spacial score (nSPS) is 12.2. The molecule has 16 heavy (non-hydrogen) atoms. The second kappa shape index (κ2) is 6.86. The molecule has 0 aliphatic heterocycles. The number of carbonyl (C=O) groups is 1. The molecular weight excluding hydrogens is 202 g/mol. The van der Waals surface area contributed by atoms with Gasteiger partial charge in [-0.15, -0.1) is 0 Å². The summed E-state index contributed by atoms with van der Waals surface area (Å²) in [4.78, 5) is 13.9. The molecule has 0 fully saturated rings. The Kier molecular flexibility index (Phi) is 6.60. The largest absolute Gasteiger partial charge is 0.350 e. The third-order valence-electron chi connectivity index (χ3n) is 2.24. The van der Waals surface area contributed by atoms with Gasteiger partial charge in [-0.05, 0) is 47.6 Å². The zero-order chi connectivity index (χ0) is 12.8. The first-order chi connectivity index (χ1) is 7.26. The van der Waals surface area contributed by atoms with Crippen molar-refractivity contribution in [3.05, 3.63) is 0 Å². The maximum Gasteiger partial charge on any atom is 0.234 e. The summed E-state index contributed by atoms with van der Waals surface area (Å²) in [6.45, 7) is 12.2. The number of nitrogens with two attached hydrogens (primary N) is 1. The topological polar surface area (TPSA) is 58.4 Å². The highest BCUT2D eigenvalue weighted by atomic mass is 16.2. The third kappa shape index (κ3) is 7.65. The molecule has 0 saturated carbocycles. The first-order valence-electron chi connectivity index (χ1n) is 6.01. The maximum absolute atomic E-state index is 11.8. The van der Waals surface area contributed by atoms with Crippen molar-refractivity contribution in [3.8, 4) is 0 Å². The molecule has 4 nitrogen and oxygen atoms in total. The molecule has 0 saturated heterocycles. The van der Waals surface area contributed by atoms with Crippen molar-refractivity contribution in [2.45, 2.75) is 52.6 Å². The van der Waals surface area contributed by atoms with E-state index < -0.39 is 0 Å². The molecule has 1 amide bonds. The Bertz CT molecular complexity index is 209. The monoisotopic (exact) mass is 229 g/mol. The van der Waals surface area contributed by atoms with Gasteiger partial charge in [0.1, 0.15) is 0 Å². The third-order valence-corrected chi connectivity index (χ3v) is 2.24. The van der Waals surface area contributed by atoms with Gasteiger partial charge in [-0.2, -0.15) is 0 Å². The number of amides is 1. The molecular formula is C12H27N3O. The van der Waals surface area contributed by atoms with Gasteiger partial charge < -0.3 is 11.1 Å².